The quantitative estimate of drug-likeness (QED) is 0.839. The van der Waals surface area contributed by atoms with Crippen LogP contribution in [0.25, 0.3) is 0 Å². The highest BCUT2D eigenvalue weighted by atomic mass is 19.4. The van der Waals surface area contributed by atoms with Crippen molar-refractivity contribution in [2.75, 3.05) is 26.2 Å². The monoisotopic (exact) mass is 280 g/mol. The fraction of sp³-hybridized carbons (Fsp3) is 0.923. The molecule has 19 heavy (non-hydrogen) atoms. The van der Waals surface area contributed by atoms with Crippen molar-refractivity contribution in [3.05, 3.63) is 0 Å². The van der Waals surface area contributed by atoms with Crippen molar-refractivity contribution in [2.24, 2.45) is 11.8 Å². The number of halogens is 3. The smallest absolute Gasteiger partial charge is 0.334 e. The molecule has 0 aliphatic carbocycles. The minimum Gasteiger partial charge on any atom is -0.334 e. The van der Waals surface area contributed by atoms with Crippen molar-refractivity contribution in [1.82, 2.24) is 10.2 Å². The van der Waals surface area contributed by atoms with E-state index in [-0.39, 0.29) is 18.9 Å². The van der Waals surface area contributed by atoms with Crippen molar-refractivity contribution in [2.45, 2.75) is 39.3 Å². The Kier molecular flexibility index (Phi) is 6.10. The van der Waals surface area contributed by atoms with Gasteiger partial charge in [-0.05, 0) is 44.7 Å². The fourth-order valence-electron chi connectivity index (χ4n) is 2.53. The number of hydrogen-bond acceptors (Lipinski definition) is 2. The van der Waals surface area contributed by atoms with Gasteiger partial charge < -0.3 is 10.2 Å². The molecular formula is C13H23F3N2O. The summed E-state index contributed by atoms with van der Waals surface area (Å²) in [6.07, 6.45) is -1.99. The Hall–Kier alpha value is -0.780. The lowest BCUT2D eigenvalue weighted by Gasteiger charge is -2.30. The summed E-state index contributed by atoms with van der Waals surface area (Å²) < 4.78 is 37.0. The Morgan fingerprint density at radius 1 is 1.47 bits per heavy atom. The number of carbonyl (C=O) groups excluding carboxylic acids is 1. The van der Waals surface area contributed by atoms with Crippen molar-refractivity contribution in [3.63, 3.8) is 0 Å². The molecule has 2 atom stereocenters. The second kappa shape index (κ2) is 7.12. The molecule has 0 aromatic carbocycles. The molecule has 1 N–H and O–H groups in total. The summed E-state index contributed by atoms with van der Waals surface area (Å²) in [6, 6.07) is 0. The minimum absolute atomic E-state index is 0.105. The van der Waals surface area contributed by atoms with Gasteiger partial charge in [-0.2, -0.15) is 13.2 Å². The predicted molar refractivity (Wildman–Crippen MR) is 67.7 cm³/mol. The number of alkyl halides is 3. The molecule has 1 heterocycles. The Labute approximate surface area is 112 Å². The molecular weight excluding hydrogens is 257 g/mol. The molecule has 0 aromatic rings. The van der Waals surface area contributed by atoms with Gasteiger partial charge in [-0.3, -0.25) is 4.79 Å². The number of rotatable bonds is 5. The van der Waals surface area contributed by atoms with E-state index in [1.165, 1.54) is 0 Å². The first-order chi connectivity index (χ1) is 8.83. The zero-order chi connectivity index (χ0) is 14.5. The highest BCUT2D eigenvalue weighted by molar-refractivity contribution is 5.76. The standard InChI is InChI=1S/C13H23F3N2O/c1-3-18(9-13(14,15)16)12(19)7-10(2)11-5-4-6-17-8-11/h10-11,17H,3-9H2,1-2H3. The first-order valence-electron chi connectivity index (χ1n) is 6.88. The van der Waals surface area contributed by atoms with Crippen LogP contribution in [-0.4, -0.2) is 43.2 Å². The number of nitrogens with one attached hydrogen (secondary N) is 1. The van der Waals surface area contributed by atoms with Gasteiger partial charge >= 0.3 is 6.18 Å². The molecule has 0 aromatic heterocycles. The summed E-state index contributed by atoms with van der Waals surface area (Å²) >= 11 is 0. The molecule has 1 aliphatic rings. The van der Waals surface area contributed by atoms with E-state index in [0.29, 0.717) is 5.92 Å². The lowest BCUT2D eigenvalue weighted by molar-refractivity contribution is -0.161. The van der Waals surface area contributed by atoms with Gasteiger partial charge in [-0.1, -0.05) is 6.92 Å². The Morgan fingerprint density at radius 3 is 2.63 bits per heavy atom. The molecule has 2 unspecified atom stereocenters. The number of amides is 1. The van der Waals surface area contributed by atoms with Crippen molar-refractivity contribution in [3.8, 4) is 0 Å². The van der Waals surface area contributed by atoms with E-state index in [4.69, 9.17) is 0 Å². The average molecular weight is 280 g/mol. The molecule has 0 spiro atoms. The summed E-state index contributed by atoms with van der Waals surface area (Å²) in [6.45, 7) is 4.35. The normalized spacial score (nSPS) is 22.1. The van der Waals surface area contributed by atoms with Gasteiger partial charge in [0.15, 0.2) is 0 Å². The lowest BCUT2D eigenvalue weighted by atomic mass is 9.85. The zero-order valence-electron chi connectivity index (χ0n) is 11.6. The summed E-state index contributed by atoms with van der Waals surface area (Å²) in [7, 11) is 0. The van der Waals surface area contributed by atoms with E-state index in [2.05, 4.69) is 5.32 Å². The molecule has 0 radical (unpaired) electrons. The minimum atomic E-state index is -4.32. The van der Waals surface area contributed by atoms with E-state index in [1.54, 1.807) is 6.92 Å². The maximum absolute atomic E-state index is 12.3. The first-order valence-corrected chi connectivity index (χ1v) is 6.88. The molecule has 3 nitrogen and oxygen atoms in total. The van der Waals surface area contributed by atoms with Gasteiger partial charge in [0.2, 0.25) is 5.91 Å². The van der Waals surface area contributed by atoms with E-state index in [9.17, 15) is 18.0 Å². The molecule has 0 saturated carbocycles. The van der Waals surface area contributed by atoms with E-state index < -0.39 is 18.6 Å². The largest absolute Gasteiger partial charge is 0.406 e. The third-order valence-electron chi connectivity index (χ3n) is 3.74. The van der Waals surface area contributed by atoms with Crippen molar-refractivity contribution >= 4 is 5.91 Å². The zero-order valence-corrected chi connectivity index (χ0v) is 11.6. The summed E-state index contributed by atoms with van der Waals surface area (Å²) in [4.78, 5) is 12.8. The van der Waals surface area contributed by atoms with Crippen LogP contribution in [0, 0.1) is 11.8 Å². The maximum Gasteiger partial charge on any atom is 0.406 e. The second-order valence-electron chi connectivity index (χ2n) is 5.31. The van der Waals surface area contributed by atoms with Gasteiger partial charge in [0.05, 0.1) is 0 Å². The lowest BCUT2D eigenvalue weighted by Crippen LogP contribution is -2.41. The van der Waals surface area contributed by atoms with Gasteiger partial charge in [-0.25, -0.2) is 0 Å². The van der Waals surface area contributed by atoms with Crippen LogP contribution in [0.2, 0.25) is 0 Å². The maximum atomic E-state index is 12.3. The molecule has 0 bridgehead atoms. The van der Waals surface area contributed by atoms with E-state index in [0.717, 1.165) is 30.8 Å². The number of piperidine rings is 1. The Bertz CT molecular complexity index is 288. The molecule has 6 heteroatoms. The van der Waals surface area contributed by atoms with Crippen LogP contribution in [0.3, 0.4) is 0 Å². The van der Waals surface area contributed by atoms with Gasteiger partial charge in [0.25, 0.3) is 0 Å². The third-order valence-corrected chi connectivity index (χ3v) is 3.74. The van der Waals surface area contributed by atoms with Gasteiger partial charge in [0, 0.05) is 13.0 Å². The number of hydrogen-bond donors (Lipinski definition) is 1. The molecule has 1 aliphatic heterocycles. The second-order valence-corrected chi connectivity index (χ2v) is 5.31. The summed E-state index contributed by atoms with van der Waals surface area (Å²) in [5, 5.41) is 3.27. The topological polar surface area (TPSA) is 32.3 Å². The van der Waals surface area contributed by atoms with Crippen LogP contribution < -0.4 is 5.32 Å². The van der Waals surface area contributed by atoms with Gasteiger partial charge in [0.1, 0.15) is 6.54 Å². The molecule has 1 amide bonds. The average Bonchev–Trinajstić information content (AvgIpc) is 2.35. The van der Waals surface area contributed by atoms with Gasteiger partial charge in [-0.15, -0.1) is 0 Å². The van der Waals surface area contributed by atoms with Crippen LogP contribution in [0.15, 0.2) is 0 Å². The van der Waals surface area contributed by atoms with E-state index in [1.807, 2.05) is 6.92 Å². The van der Waals surface area contributed by atoms with Crippen LogP contribution >= 0.6 is 0 Å². The van der Waals surface area contributed by atoms with Crippen LogP contribution in [0.4, 0.5) is 13.2 Å². The van der Waals surface area contributed by atoms with Crippen molar-refractivity contribution in [1.29, 1.82) is 0 Å². The van der Waals surface area contributed by atoms with Crippen LogP contribution in [0.1, 0.15) is 33.1 Å². The number of carbonyl (C=O) groups is 1. The summed E-state index contributed by atoms with van der Waals surface area (Å²) in [5.74, 6) is 0.128. The SMILES string of the molecule is CCN(CC(F)(F)F)C(=O)CC(C)C1CCCNC1. The molecule has 112 valence electrons. The van der Waals surface area contributed by atoms with Crippen LogP contribution in [0.5, 0.6) is 0 Å². The summed E-state index contributed by atoms with van der Waals surface area (Å²) in [5.41, 5.74) is 0. The molecule has 1 fully saturated rings. The predicted octanol–water partition coefficient (Wildman–Crippen LogP) is 2.42. The van der Waals surface area contributed by atoms with Crippen molar-refractivity contribution < 1.29 is 18.0 Å². The highest BCUT2D eigenvalue weighted by Crippen LogP contribution is 2.24. The fourth-order valence-corrected chi connectivity index (χ4v) is 2.53. The highest BCUT2D eigenvalue weighted by Gasteiger charge is 2.33. The Morgan fingerprint density at radius 2 is 2.16 bits per heavy atom. The number of nitrogens with zero attached hydrogens (tertiary/aromatic N) is 1. The Balaban J connectivity index is 2.46. The molecule has 1 rings (SSSR count). The van der Waals surface area contributed by atoms with Crippen LogP contribution in [-0.2, 0) is 4.79 Å². The first kappa shape index (κ1) is 16.3. The molecule has 1 saturated heterocycles. The third kappa shape index (κ3) is 5.80. The van der Waals surface area contributed by atoms with E-state index >= 15 is 0 Å².